The largest absolute Gasteiger partial charge is 0.493 e. The predicted molar refractivity (Wildman–Crippen MR) is 142 cm³/mol. The van der Waals surface area contributed by atoms with E-state index in [1.807, 2.05) is 20.8 Å². The van der Waals surface area contributed by atoms with Gasteiger partial charge in [-0.25, -0.2) is 4.39 Å². The maximum atomic E-state index is 15.1. The topological polar surface area (TPSA) is 112 Å². The first-order valence-electron chi connectivity index (χ1n) is 11.5. The molecule has 2 N–H and O–H groups in total. The number of nitrogens with one attached hydrogen (secondary N) is 1. The highest BCUT2D eigenvalue weighted by molar-refractivity contribution is 8.93. The molecule has 9 nitrogen and oxygen atoms in total. The number of ether oxygens (including phenoxy) is 3. The van der Waals surface area contributed by atoms with E-state index in [4.69, 9.17) is 19.6 Å². The molecule has 37 heavy (non-hydrogen) atoms. The number of aliphatic carboxylic acids is 1. The standard InChI is InChI=1S/C26H30FN3O6.BrH/c1-26(2,3)16-8-14(9-17-23(16)36-7-6-29(17)13-20(32)33)18(31)12-30-11-15-10-19(34-4)24(35-5)22(27)21(15)25(30)28;/h8-10,28H,6-7,11-13H2,1-5H3,(H,32,33);1H. The third-order valence-electron chi connectivity index (χ3n) is 6.42. The number of anilines is 1. The number of carboxylic acid groups (broad SMARTS) is 1. The van der Waals surface area contributed by atoms with Crippen LogP contribution in [0.4, 0.5) is 10.1 Å². The Hall–Kier alpha value is -3.34. The molecule has 200 valence electrons. The Kier molecular flexibility index (Phi) is 8.06. The van der Waals surface area contributed by atoms with E-state index < -0.39 is 11.8 Å². The van der Waals surface area contributed by atoms with Crippen LogP contribution in [0.25, 0.3) is 0 Å². The number of amidine groups is 1. The summed E-state index contributed by atoms with van der Waals surface area (Å²) < 4.78 is 31.4. The van der Waals surface area contributed by atoms with Gasteiger partial charge >= 0.3 is 5.97 Å². The molecule has 2 aliphatic rings. The van der Waals surface area contributed by atoms with Crippen molar-refractivity contribution < 1.29 is 33.3 Å². The zero-order valence-corrected chi connectivity index (χ0v) is 23.1. The summed E-state index contributed by atoms with van der Waals surface area (Å²) in [7, 11) is 2.74. The molecule has 0 fully saturated rings. The molecule has 0 bridgehead atoms. The van der Waals surface area contributed by atoms with Crippen LogP contribution in [0.5, 0.6) is 17.2 Å². The molecular weight excluding hydrogens is 549 g/mol. The van der Waals surface area contributed by atoms with Crippen LogP contribution in [0.2, 0.25) is 0 Å². The first kappa shape index (κ1) is 28.2. The van der Waals surface area contributed by atoms with E-state index in [1.165, 1.54) is 19.1 Å². The number of hydrogen-bond donors (Lipinski definition) is 2. The van der Waals surface area contributed by atoms with Crippen molar-refractivity contribution in [2.24, 2.45) is 0 Å². The highest BCUT2D eigenvalue weighted by Gasteiger charge is 2.34. The summed E-state index contributed by atoms with van der Waals surface area (Å²) in [5, 5.41) is 17.9. The van der Waals surface area contributed by atoms with Gasteiger partial charge in [-0.05, 0) is 29.2 Å². The molecule has 0 aromatic heterocycles. The summed E-state index contributed by atoms with van der Waals surface area (Å²) in [4.78, 5) is 28.1. The highest BCUT2D eigenvalue weighted by atomic mass is 79.9. The smallest absolute Gasteiger partial charge is 0.323 e. The molecule has 0 saturated carbocycles. The van der Waals surface area contributed by atoms with Crippen LogP contribution in [-0.4, -0.2) is 68.1 Å². The van der Waals surface area contributed by atoms with Gasteiger partial charge in [0.2, 0.25) is 0 Å². The minimum Gasteiger partial charge on any atom is -0.493 e. The number of benzene rings is 2. The van der Waals surface area contributed by atoms with Crippen LogP contribution in [0.3, 0.4) is 0 Å². The summed E-state index contributed by atoms with van der Waals surface area (Å²) in [6.45, 7) is 6.51. The number of carboxylic acids is 1. The predicted octanol–water partition coefficient (Wildman–Crippen LogP) is 4.03. The number of fused-ring (bicyclic) bond motifs is 2. The average Bonchev–Trinajstić information content (AvgIpc) is 3.12. The number of ketones is 1. The van der Waals surface area contributed by atoms with Gasteiger partial charge in [0.15, 0.2) is 23.1 Å². The second-order valence-electron chi connectivity index (χ2n) is 9.87. The van der Waals surface area contributed by atoms with Crippen LogP contribution >= 0.6 is 17.0 Å². The summed E-state index contributed by atoms with van der Waals surface area (Å²) in [6, 6.07) is 5.04. The third-order valence-corrected chi connectivity index (χ3v) is 6.42. The number of carbonyl (C=O) groups excluding carboxylic acids is 1. The van der Waals surface area contributed by atoms with E-state index >= 15 is 4.39 Å². The van der Waals surface area contributed by atoms with Gasteiger partial charge in [0.05, 0.1) is 38.6 Å². The Labute approximate surface area is 225 Å². The Morgan fingerprint density at radius 3 is 2.43 bits per heavy atom. The number of Topliss-reactive ketones (excluding diaryl/α,β-unsaturated/α-hetero) is 1. The molecule has 0 spiro atoms. The SMILES string of the molecule is Br.COc1cc2c(c(F)c1OC)C(=N)N(CC(=O)c1cc3c(c(C(C)(C)C)c1)OCCN3CC(=O)O)C2. The zero-order chi connectivity index (χ0) is 26.4. The molecule has 0 saturated heterocycles. The van der Waals surface area contributed by atoms with Gasteiger partial charge in [-0.3, -0.25) is 15.0 Å². The number of hydrogen-bond acceptors (Lipinski definition) is 7. The molecular formula is C26H31BrFN3O6. The molecule has 2 aromatic rings. The van der Waals surface area contributed by atoms with Crippen molar-refractivity contribution in [1.29, 1.82) is 5.41 Å². The van der Waals surface area contributed by atoms with E-state index in [9.17, 15) is 14.7 Å². The fourth-order valence-electron chi connectivity index (χ4n) is 4.65. The molecule has 2 heterocycles. The van der Waals surface area contributed by atoms with Crippen LogP contribution in [0.1, 0.15) is 47.8 Å². The lowest BCUT2D eigenvalue weighted by Gasteiger charge is -2.34. The lowest BCUT2D eigenvalue weighted by Crippen LogP contribution is -2.38. The summed E-state index contributed by atoms with van der Waals surface area (Å²) >= 11 is 0. The highest BCUT2D eigenvalue weighted by Crippen LogP contribution is 2.42. The molecule has 0 unspecified atom stereocenters. The van der Waals surface area contributed by atoms with Crippen molar-refractivity contribution in [3.05, 3.63) is 46.3 Å². The van der Waals surface area contributed by atoms with Crippen molar-refractivity contribution in [3.63, 3.8) is 0 Å². The van der Waals surface area contributed by atoms with E-state index in [0.29, 0.717) is 35.7 Å². The van der Waals surface area contributed by atoms with Gasteiger partial charge in [-0.1, -0.05) is 20.8 Å². The van der Waals surface area contributed by atoms with Gasteiger partial charge in [-0.2, -0.15) is 0 Å². The normalized spacial score (nSPS) is 14.4. The van der Waals surface area contributed by atoms with Crippen molar-refractivity contribution in [2.75, 3.05) is 45.4 Å². The Bertz CT molecular complexity index is 1260. The molecule has 4 rings (SSSR count). The minimum absolute atomic E-state index is 0. The quantitative estimate of drug-likeness (QED) is 0.473. The maximum Gasteiger partial charge on any atom is 0.323 e. The number of methoxy groups -OCH3 is 2. The monoisotopic (exact) mass is 579 g/mol. The molecule has 0 radical (unpaired) electrons. The first-order chi connectivity index (χ1) is 17.0. The lowest BCUT2D eigenvalue weighted by atomic mass is 9.84. The number of halogens is 2. The van der Waals surface area contributed by atoms with Crippen LogP contribution in [0, 0.1) is 11.2 Å². The van der Waals surface area contributed by atoms with Gasteiger partial charge in [-0.15, -0.1) is 17.0 Å². The Balaban J connectivity index is 0.00000380. The van der Waals surface area contributed by atoms with Crippen molar-refractivity contribution in [2.45, 2.75) is 32.7 Å². The van der Waals surface area contributed by atoms with Crippen LogP contribution < -0.4 is 19.1 Å². The first-order valence-corrected chi connectivity index (χ1v) is 11.5. The lowest BCUT2D eigenvalue weighted by molar-refractivity contribution is -0.135. The van der Waals surface area contributed by atoms with Crippen LogP contribution in [-0.2, 0) is 16.8 Å². The van der Waals surface area contributed by atoms with Crippen molar-refractivity contribution in [1.82, 2.24) is 4.90 Å². The van der Waals surface area contributed by atoms with E-state index in [2.05, 4.69) is 0 Å². The average molecular weight is 580 g/mol. The van der Waals surface area contributed by atoms with E-state index in [1.54, 1.807) is 23.1 Å². The Morgan fingerprint density at radius 2 is 1.84 bits per heavy atom. The number of carbonyl (C=O) groups is 2. The van der Waals surface area contributed by atoms with Gasteiger partial charge in [0, 0.05) is 17.7 Å². The molecule has 0 atom stereocenters. The summed E-state index contributed by atoms with van der Waals surface area (Å²) in [6.07, 6.45) is 0. The second kappa shape index (κ2) is 10.6. The summed E-state index contributed by atoms with van der Waals surface area (Å²) in [5.74, 6) is -1.35. The molecule has 0 amide bonds. The van der Waals surface area contributed by atoms with Crippen molar-refractivity contribution >= 4 is 40.3 Å². The van der Waals surface area contributed by atoms with E-state index in [-0.39, 0.29) is 70.7 Å². The zero-order valence-electron chi connectivity index (χ0n) is 21.4. The molecule has 0 aliphatic carbocycles. The molecule has 2 aromatic carbocycles. The van der Waals surface area contributed by atoms with Gasteiger partial charge in [0.25, 0.3) is 0 Å². The maximum absolute atomic E-state index is 15.1. The Morgan fingerprint density at radius 1 is 1.14 bits per heavy atom. The van der Waals surface area contributed by atoms with Gasteiger partial charge < -0.3 is 29.1 Å². The minimum atomic E-state index is -0.979. The number of rotatable bonds is 7. The fourth-order valence-corrected chi connectivity index (χ4v) is 4.65. The van der Waals surface area contributed by atoms with Crippen molar-refractivity contribution in [3.8, 4) is 17.2 Å². The third kappa shape index (κ3) is 5.22. The van der Waals surface area contributed by atoms with E-state index in [0.717, 1.165) is 5.56 Å². The summed E-state index contributed by atoms with van der Waals surface area (Å²) in [5.41, 5.74) is 1.96. The number of nitrogens with zero attached hydrogens (tertiary/aromatic N) is 2. The molecule has 2 aliphatic heterocycles. The molecule has 11 heteroatoms. The second-order valence-corrected chi connectivity index (χ2v) is 9.87. The van der Waals surface area contributed by atoms with Crippen LogP contribution in [0.15, 0.2) is 18.2 Å². The fraction of sp³-hybridized carbons (Fsp3) is 0.423. The van der Waals surface area contributed by atoms with Gasteiger partial charge in [0.1, 0.15) is 24.7 Å².